The van der Waals surface area contributed by atoms with Crippen molar-refractivity contribution in [2.45, 2.75) is 32.4 Å². The Bertz CT molecular complexity index is 1270. The summed E-state index contributed by atoms with van der Waals surface area (Å²) in [7, 11) is 0. The number of aromatic amines is 1. The Hall–Kier alpha value is -3.45. The highest BCUT2D eigenvalue weighted by Crippen LogP contribution is 2.39. The van der Waals surface area contributed by atoms with Crippen molar-refractivity contribution < 1.29 is 14.3 Å². The lowest BCUT2D eigenvalue weighted by Crippen LogP contribution is -2.40. The van der Waals surface area contributed by atoms with Crippen LogP contribution in [0.15, 0.2) is 61.2 Å². The Balaban J connectivity index is 1.39. The van der Waals surface area contributed by atoms with E-state index < -0.39 is 0 Å². The average molecular weight is 479 g/mol. The molecule has 3 heterocycles. The fourth-order valence-corrected chi connectivity index (χ4v) is 4.78. The first-order valence-corrected chi connectivity index (χ1v) is 11.9. The number of hydrogen-bond donors (Lipinski definition) is 1. The summed E-state index contributed by atoms with van der Waals surface area (Å²) in [6.07, 6.45) is 6.84. The molecular formula is C26H27ClN4O3. The van der Waals surface area contributed by atoms with Gasteiger partial charge in [-0.3, -0.25) is 4.90 Å². The minimum atomic E-state index is -0.310. The second-order valence-corrected chi connectivity index (χ2v) is 8.76. The lowest BCUT2D eigenvalue weighted by Gasteiger charge is -2.35. The van der Waals surface area contributed by atoms with Crippen LogP contribution in [0.4, 0.5) is 4.79 Å². The van der Waals surface area contributed by atoms with Gasteiger partial charge in [0.2, 0.25) is 0 Å². The van der Waals surface area contributed by atoms with E-state index in [1.54, 1.807) is 17.4 Å². The normalized spacial score (nSPS) is 15.4. The third-order valence-corrected chi connectivity index (χ3v) is 6.41. The molecule has 1 unspecified atom stereocenters. The number of carbonyl (C=O) groups excluding carboxylic acids is 1. The van der Waals surface area contributed by atoms with E-state index in [4.69, 9.17) is 21.1 Å². The summed E-state index contributed by atoms with van der Waals surface area (Å²) in [6, 6.07) is 13.6. The number of imidazole rings is 1. The molecular weight excluding hydrogens is 452 g/mol. The van der Waals surface area contributed by atoms with Gasteiger partial charge in [0.15, 0.2) is 0 Å². The van der Waals surface area contributed by atoms with Gasteiger partial charge in [-0.1, -0.05) is 23.7 Å². The van der Waals surface area contributed by atoms with E-state index in [0.717, 1.165) is 47.3 Å². The van der Waals surface area contributed by atoms with Crippen LogP contribution >= 0.6 is 11.6 Å². The summed E-state index contributed by atoms with van der Waals surface area (Å²) in [4.78, 5) is 22.2. The Morgan fingerprint density at radius 3 is 2.85 bits per heavy atom. The number of halogens is 1. The molecule has 2 aromatic carbocycles. The van der Waals surface area contributed by atoms with Crippen LogP contribution < -0.4 is 4.74 Å². The number of hydrogen-bond acceptors (Lipinski definition) is 4. The third-order valence-electron chi connectivity index (χ3n) is 6.18. The number of fused-ring (bicyclic) bond motifs is 3. The lowest BCUT2D eigenvalue weighted by molar-refractivity contribution is 0.0932. The van der Waals surface area contributed by atoms with Gasteiger partial charge in [-0.05, 0) is 61.2 Å². The SMILES string of the molecule is CCOC(=O)N1CCc2c([nH]c3ccc(Cl)cc23)C1c1ccc(OCCCn2ccnc2)cc1. The van der Waals surface area contributed by atoms with Gasteiger partial charge < -0.3 is 19.0 Å². The summed E-state index contributed by atoms with van der Waals surface area (Å²) < 4.78 is 13.3. The molecule has 1 aliphatic heterocycles. The molecule has 0 saturated carbocycles. The molecule has 1 amide bonds. The molecule has 1 N–H and O–H groups in total. The molecule has 5 rings (SSSR count). The molecule has 4 aromatic rings. The highest BCUT2D eigenvalue weighted by Gasteiger charge is 2.35. The highest BCUT2D eigenvalue weighted by molar-refractivity contribution is 6.31. The van der Waals surface area contributed by atoms with Crippen LogP contribution in [0.25, 0.3) is 10.9 Å². The Kier molecular flexibility index (Phi) is 6.45. The van der Waals surface area contributed by atoms with E-state index >= 15 is 0 Å². The Morgan fingerprint density at radius 2 is 2.09 bits per heavy atom. The number of H-pyrrole nitrogens is 1. The maximum absolute atomic E-state index is 12.8. The van der Waals surface area contributed by atoms with Crippen LogP contribution in [0, 0.1) is 0 Å². The van der Waals surface area contributed by atoms with E-state index in [2.05, 4.69) is 9.97 Å². The first-order valence-electron chi connectivity index (χ1n) is 11.6. The quantitative estimate of drug-likeness (QED) is 0.351. The molecule has 7 nitrogen and oxygen atoms in total. The van der Waals surface area contributed by atoms with Crippen molar-refractivity contribution in [1.29, 1.82) is 0 Å². The first kappa shape index (κ1) is 22.3. The van der Waals surface area contributed by atoms with E-state index in [1.165, 1.54) is 5.56 Å². The molecule has 2 aromatic heterocycles. The first-order chi connectivity index (χ1) is 16.6. The predicted octanol–water partition coefficient (Wildman–Crippen LogP) is 5.59. The number of benzene rings is 2. The van der Waals surface area contributed by atoms with Gasteiger partial charge >= 0.3 is 6.09 Å². The maximum Gasteiger partial charge on any atom is 0.410 e. The number of rotatable bonds is 7. The molecule has 0 fully saturated rings. The van der Waals surface area contributed by atoms with Crippen LogP contribution in [0.5, 0.6) is 5.75 Å². The summed E-state index contributed by atoms with van der Waals surface area (Å²) in [5, 5.41) is 1.81. The largest absolute Gasteiger partial charge is 0.494 e. The molecule has 8 heteroatoms. The van der Waals surface area contributed by atoms with Gasteiger partial charge in [-0.2, -0.15) is 0 Å². The maximum atomic E-state index is 12.8. The van der Waals surface area contributed by atoms with Gasteiger partial charge in [-0.25, -0.2) is 9.78 Å². The molecule has 0 aliphatic carbocycles. The van der Waals surface area contributed by atoms with Gasteiger partial charge in [-0.15, -0.1) is 0 Å². The molecule has 34 heavy (non-hydrogen) atoms. The zero-order valence-corrected chi connectivity index (χ0v) is 19.8. The van der Waals surface area contributed by atoms with Crippen LogP contribution in [-0.4, -0.2) is 45.3 Å². The van der Waals surface area contributed by atoms with Crippen LogP contribution in [0.1, 0.15) is 36.2 Å². The fraction of sp³-hybridized carbons (Fsp3) is 0.308. The highest BCUT2D eigenvalue weighted by atomic mass is 35.5. The molecule has 0 spiro atoms. The number of amides is 1. The van der Waals surface area contributed by atoms with Gasteiger partial charge in [0, 0.05) is 47.1 Å². The topological polar surface area (TPSA) is 72.4 Å². The van der Waals surface area contributed by atoms with E-state index in [-0.39, 0.29) is 12.1 Å². The second-order valence-electron chi connectivity index (χ2n) is 8.32. The number of nitrogens with zero attached hydrogens (tertiary/aromatic N) is 3. The lowest BCUT2D eigenvalue weighted by atomic mass is 9.92. The summed E-state index contributed by atoms with van der Waals surface area (Å²) in [5.74, 6) is 0.802. The van der Waals surface area contributed by atoms with Gasteiger partial charge in [0.05, 0.1) is 19.5 Å². The summed E-state index contributed by atoms with van der Waals surface area (Å²) in [6.45, 7) is 4.21. The molecule has 0 saturated heterocycles. The van der Waals surface area contributed by atoms with Crippen LogP contribution in [-0.2, 0) is 17.7 Å². The minimum Gasteiger partial charge on any atom is -0.494 e. The van der Waals surface area contributed by atoms with E-state index in [0.29, 0.717) is 24.8 Å². The fourth-order valence-electron chi connectivity index (χ4n) is 4.61. The number of aromatic nitrogens is 3. The van der Waals surface area contributed by atoms with Crippen molar-refractivity contribution in [3.63, 3.8) is 0 Å². The molecule has 176 valence electrons. The van der Waals surface area contributed by atoms with E-state index in [9.17, 15) is 4.79 Å². The zero-order chi connectivity index (χ0) is 23.5. The van der Waals surface area contributed by atoms with Crippen molar-refractivity contribution in [1.82, 2.24) is 19.4 Å². The second kappa shape index (κ2) is 9.81. The van der Waals surface area contributed by atoms with Crippen molar-refractivity contribution in [2.24, 2.45) is 0 Å². The van der Waals surface area contributed by atoms with Crippen LogP contribution in [0.2, 0.25) is 5.02 Å². The summed E-state index contributed by atoms with van der Waals surface area (Å²) >= 11 is 6.27. The number of carbonyl (C=O) groups is 1. The number of ether oxygens (including phenoxy) is 2. The Labute approximate surface area is 203 Å². The monoisotopic (exact) mass is 478 g/mol. The van der Waals surface area contributed by atoms with Gasteiger partial charge in [0.1, 0.15) is 11.8 Å². The number of aryl methyl sites for hydroxylation is 1. The predicted molar refractivity (Wildman–Crippen MR) is 131 cm³/mol. The molecule has 0 bridgehead atoms. The third kappa shape index (κ3) is 4.48. The average Bonchev–Trinajstić information content (AvgIpc) is 3.49. The number of nitrogens with one attached hydrogen (secondary N) is 1. The van der Waals surface area contributed by atoms with Crippen molar-refractivity contribution >= 4 is 28.6 Å². The Morgan fingerprint density at radius 1 is 1.24 bits per heavy atom. The van der Waals surface area contributed by atoms with Crippen molar-refractivity contribution in [2.75, 3.05) is 19.8 Å². The van der Waals surface area contributed by atoms with Crippen molar-refractivity contribution in [3.05, 3.63) is 83.0 Å². The van der Waals surface area contributed by atoms with Gasteiger partial charge in [0.25, 0.3) is 0 Å². The zero-order valence-electron chi connectivity index (χ0n) is 19.0. The van der Waals surface area contributed by atoms with E-state index in [1.807, 2.05) is 60.2 Å². The molecule has 1 aliphatic rings. The van der Waals surface area contributed by atoms with Crippen molar-refractivity contribution in [3.8, 4) is 5.75 Å². The molecule has 1 atom stereocenters. The standard InChI is InChI=1S/C26H27ClN4O3/c1-2-33-26(32)31-13-10-21-22-16-19(27)6-9-23(22)29-24(21)25(31)18-4-7-20(8-5-18)34-15-3-12-30-14-11-28-17-30/h4-9,11,14,16-17,25,29H,2-3,10,12-13,15H2,1H3. The smallest absolute Gasteiger partial charge is 0.410 e. The minimum absolute atomic E-state index is 0.274. The summed E-state index contributed by atoms with van der Waals surface area (Å²) in [5.41, 5.74) is 4.22. The molecule has 0 radical (unpaired) electrons. The van der Waals surface area contributed by atoms with Crippen LogP contribution in [0.3, 0.4) is 0 Å².